The summed E-state index contributed by atoms with van der Waals surface area (Å²) in [5, 5.41) is 11.6. The van der Waals surface area contributed by atoms with Crippen LogP contribution in [0.2, 0.25) is 0 Å². The lowest BCUT2D eigenvalue weighted by molar-refractivity contribution is 0.364. The zero-order chi connectivity index (χ0) is 6.97. The SMILES string of the molecule is N=c1cc2cc[nH]c2no1. The van der Waals surface area contributed by atoms with Crippen LogP contribution in [0.4, 0.5) is 0 Å². The van der Waals surface area contributed by atoms with E-state index < -0.39 is 0 Å². The maximum Gasteiger partial charge on any atom is 0.242 e. The molecule has 0 unspecified atom stereocenters. The van der Waals surface area contributed by atoms with Gasteiger partial charge in [0.15, 0.2) is 5.65 Å². The minimum atomic E-state index is 0.0760. The van der Waals surface area contributed by atoms with Gasteiger partial charge in [0.05, 0.1) is 0 Å². The zero-order valence-electron chi connectivity index (χ0n) is 5.09. The molecular weight excluding hydrogens is 130 g/mol. The molecule has 2 heterocycles. The minimum Gasteiger partial charge on any atom is -0.343 e. The molecule has 0 aliphatic heterocycles. The number of nitrogens with one attached hydrogen (secondary N) is 2. The third-order valence-corrected chi connectivity index (χ3v) is 1.28. The van der Waals surface area contributed by atoms with Crippen LogP contribution in [0.5, 0.6) is 0 Å². The average molecular weight is 135 g/mol. The molecule has 0 atom stereocenters. The predicted molar refractivity (Wildman–Crippen MR) is 34.2 cm³/mol. The number of aromatic amines is 1. The van der Waals surface area contributed by atoms with Gasteiger partial charge in [0, 0.05) is 17.6 Å². The average Bonchev–Trinajstić information content (AvgIpc) is 2.33. The lowest BCUT2D eigenvalue weighted by Crippen LogP contribution is -1.96. The Kier molecular flexibility index (Phi) is 0.887. The maximum atomic E-state index is 7.07. The normalized spacial score (nSPS) is 10.4. The van der Waals surface area contributed by atoms with E-state index in [9.17, 15) is 0 Å². The van der Waals surface area contributed by atoms with Crippen LogP contribution in [0.1, 0.15) is 0 Å². The Morgan fingerprint density at radius 1 is 1.60 bits per heavy atom. The summed E-state index contributed by atoms with van der Waals surface area (Å²) in [5.74, 6) is 0. The molecule has 0 fully saturated rings. The summed E-state index contributed by atoms with van der Waals surface area (Å²) < 4.78 is 4.58. The van der Waals surface area contributed by atoms with Crippen LogP contribution in [-0.2, 0) is 0 Å². The molecule has 0 spiro atoms. The van der Waals surface area contributed by atoms with E-state index in [1.54, 1.807) is 12.3 Å². The van der Waals surface area contributed by atoms with Gasteiger partial charge in [0.1, 0.15) is 0 Å². The standard InChI is InChI=1S/C6H5N3O/c7-5-3-4-1-2-8-6(4)9-10-5/h1-3,7H,(H,8,9). The molecule has 0 saturated carbocycles. The first-order chi connectivity index (χ1) is 4.86. The molecule has 0 saturated heterocycles. The van der Waals surface area contributed by atoms with Gasteiger partial charge in [-0.25, -0.2) is 0 Å². The summed E-state index contributed by atoms with van der Waals surface area (Å²) >= 11 is 0. The fourth-order valence-corrected chi connectivity index (χ4v) is 0.831. The highest BCUT2D eigenvalue weighted by Gasteiger charge is 1.93. The minimum absolute atomic E-state index is 0.0760. The molecular formula is C6H5N3O. The Labute approximate surface area is 56.0 Å². The topological polar surface area (TPSA) is 65.7 Å². The highest BCUT2D eigenvalue weighted by Crippen LogP contribution is 2.03. The highest BCUT2D eigenvalue weighted by atomic mass is 16.5. The van der Waals surface area contributed by atoms with E-state index in [2.05, 4.69) is 14.7 Å². The summed E-state index contributed by atoms with van der Waals surface area (Å²) in [6.07, 6.45) is 1.76. The van der Waals surface area contributed by atoms with Crippen LogP contribution in [0.3, 0.4) is 0 Å². The van der Waals surface area contributed by atoms with Crippen LogP contribution in [0.15, 0.2) is 22.9 Å². The Hall–Kier alpha value is -1.58. The van der Waals surface area contributed by atoms with Crippen molar-refractivity contribution in [3.8, 4) is 0 Å². The van der Waals surface area contributed by atoms with Crippen LogP contribution in [0, 0.1) is 5.41 Å². The molecule has 4 nitrogen and oxygen atoms in total. The number of fused-ring (bicyclic) bond motifs is 1. The molecule has 2 N–H and O–H groups in total. The first-order valence-electron chi connectivity index (χ1n) is 2.85. The van der Waals surface area contributed by atoms with Gasteiger partial charge in [-0.3, -0.25) is 5.41 Å². The summed E-state index contributed by atoms with van der Waals surface area (Å²) in [7, 11) is 0. The van der Waals surface area contributed by atoms with Crippen molar-refractivity contribution in [2.45, 2.75) is 0 Å². The summed E-state index contributed by atoms with van der Waals surface area (Å²) in [6.45, 7) is 0. The van der Waals surface area contributed by atoms with Gasteiger partial charge in [0.25, 0.3) is 0 Å². The van der Waals surface area contributed by atoms with Gasteiger partial charge in [-0.2, -0.15) is 0 Å². The van der Waals surface area contributed by atoms with E-state index in [4.69, 9.17) is 5.41 Å². The summed E-state index contributed by atoms with van der Waals surface area (Å²) in [4.78, 5) is 2.86. The zero-order valence-corrected chi connectivity index (χ0v) is 5.09. The monoisotopic (exact) mass is 135 g/mol. The molecule has 2 aromatic rings. The number of aromatic nitrogens is 2. The molecule has 0 aliphatic carbocycles. The summed E-state index contributed by atoms with van der Waals surface area (Å²) in [5.41, 5.74) is 0.753. The third-order valence-electron chi connectivity index (χ3n) is 1.28. The molecule has 10 heavy (non-hydrogen) atoms. The lowest BCUT2D eigenvalue weighted by atomic mass is 10.4. The Morgan fingerprint density at radius 2 is 2.50 bits per heavy atom. The first kappa shape index (κ1) is 5.22. The number of nitrogens with zero attached hydrogens (tertiary/aromatic N) is 1. The van der Waals surface area contributed by atoms with Gasteiger partial charge in [-0.1, -0.05) is 5.16 Å². The predicted octanol–water partition coefficient (Wildman–Crippen LogP) is 0.635. The largest absolute Gasteiger partial charge is 0.343 e. The summed E-state index contributed by atoms with van der Waals surface area (Å²) in [6, 6.07) is 3.45. The highest BCUT2D eigenvalue weighted by molar-refractivity contribution is 5.73. The van der Waals surface area contributed by atoms with Gasteiger partial charge in [-0.05, 0) is 6.07 Å². The van der Waals surface area contributed by atoms with Crippen LogP contribution < -0.4 is 5.55 Å². The van der Waals surface area contributed by atoms with Crippen LogP contribution in [-0.4, -0.2) is 10.1 Å². The van der Waals surface area contributed by atoms with Crippen molar-refractivity contribution in [2.24, 2.45) is 0 Å². The third kappa shape index (κ3) is 0.621. The maximum absolute atomic E-state index is 7.07. The van der Waals surface area contributed by atoms with Crippen molar-refractivity contribution in [3.63, 3.8) is 0 Å². The molecule has 0 aliphatic rings. The van der Waals surface area contributed by atoms with E-state index in [0.717, 1.165) is 5.39 Å². The van der Waals surface area contributed by atoms with Gasteiger partial charge >= 0.3 is 0 Å². The first-order valence-corrected chi connectivity index (χ1v) is 2.85. The van der Waals surface area contributed by atoms with E-state index >= 15 is 0 Å². The van der Waals surface area contributed by atoms with Gasteiger partial charge in [-0.15, -0.1) is 0 Å². The molecule has 0 bridgehead atoms. The van der Waals surface area contributed by atoms with Gasteiger partial charge < -0.3 is 9.51 Å². The fraction of sp³-hybridized carbons (Fsp3) is 0. The van der Waals surface area contributed by atoms with Crippen molar-refractivity contribution >= 4 is 11.0 Å². The molecule has 2 aromatic heterocycles. The van der Waals surface area contributed by atoms with Crippen molar-refractivity contribution in [1.29, 1.82) is 5.41 Å². The van der Waals surface area contributed by atoms with Crippen molar-refractivity contribution < 1.29 is 4.52 Å². The van der Waals surface area contributed by atoms with E-state index in [1.807, 2.05) is 6.07 Å². The Morgan fingerprint density at radius 3 is 3.40 bits per heavy atom. The molecule has 0 radical (unpaired) electrons. The second-order valence-corrected chi connectivity index (χ2v) is 1.97. The smallest absolute Gasteiger partial charge is 0.242 e. The molecule has 2 rings (SSSR count). The second-order valence-electron chi connectivity index (χ2n) is 1.97. The number of hydrogen-bond donors (Lipinski definition) is 2. The molecule has 4 heteroatoms. The van der Waals surface area contributed by atoms with E-state index in [1.165, 1.54) is 0 Å². The number of rotatable bonds is 0. The van der Waals surface area contributed by atoms with Crippen molar-refractivity contribution in [2.75, 3.05) is 0 Å². The van der Waals surface area contributed by atoms with Crippen LogP contribution in [0.25, 0.3) is 11.0 Å². The van der Waals surface area contributed by atoms with Crippen molar-refractivity contribution in [3.05, 3.63) is 23.9 Å². The Bertz CT molecular complexity index is 400. The molecule has 0 aromatic carbocycles. The van der Waals surface area contributed by atoms with Crippen LogP contribution >= 0.6 is 0 Å². The molecule has 0 amide bonds. The second kappa shape index (κ2) is 1.70. The quantitative estimate of drug-likeness (QED) is 0.556. The Balaban J connectivity index is 2.99. The lowest BCUT2D eigenvalue weighted by Gasteiger charge is -1.82. The van der Waals surface area contributed by atoms with Gasteiger partial charge in [0.2, 0.25) is 5.55 Å². The molecule has 50 valence electrons. The number of hydrogen-bond acceptors (Lipinski definition) is 3. The van der Waals surface area contributed by atoms with E-state index in [0.29, 0.717) is 5.65 Å². The fourth-order valence-electron chi connectivity index (χ4n) is 0.831. The van der Waals surface area contributed by atoms with E-state index in [-0.39, 0.29) is 5.55 Å². The number of H-pyrrole nitrogens is 1. The van der Waals surface area contributed by atoms with Crippen molar-refractivity contribution in [1.82, 2.24) is 10.1 Å².